The third kappa shape index (κ3) is 1.89. The molecule has 0 bridgehead atoms. The summed E-state index contributed by atoms with van der Waals surface area (Å²) in [7, 11) is 0. The molecule has 2 fully saturated rings. The monoisotopic (exact) mass is 177 g/mol. The van der Waals surface area contributed by atoms with Crippen LogP contribution in [-0.4, -0.2) is 24.0 Å². The molecule has 1 saturated carbocycles. The van der Waals surface area contributed by atoms with E-state index in [1.165, 1.54) is 25.8 Å². The Kier molecular flexibility index (Phi) is 2.60. The van der Waals surface area contributed by atoms with E-state index < -0.39 is 0 Å². The molecule has 1 nitrogen and oxygen atoms in total. The molecule has 13 heavy (non-hydrogen) atoms. The predicted octanol–water partition coefficient (Wildman–Crippen LogP) is 2.13. The first-order valence-electron chi connectivity index (χ1n) is 5.50. The molecule has 1 aliphatic heterocycles. The summed E-state index contributed by atoms with van der Waals surface area (Å²) in [6.07, 6.45) is 4.34. The van der Waals surface area contributed by atoms with Gasteiger partial charge in [0.2, 0.25) is 0 Å². The molecule has 0 amide bonds. The van der Waals surface area contributed by atoms with Gasteiger partial charge in [-0.15, -0.1) is 0 Å². The Morgan fingerprint density at radius 1 is 1.38 bits per heavy atom. The van der Waals surface area contributed by atoms with Crippen molar-refractivity contribution < 1.29 is 0 Å². The van der Waals surface area contributed by atoms with Crippen LogP contribution >= 0.6 is 0 Å². The fourth-order valence-corrected chi connectivity index (χ4v) is 2.54. The first-order chi connectivity index (χ1) is 6.27. The first-order valence-corrected chi connectivity index (χ1v) is 5.50. The van der Waals surface area contributed by atoms with Gasteiger partial charge in [0.15, 0.2) is 0 Å². The lowest BCUT2D eigenvalue weighted by molar-refractivity contribution is 0.0533. The van der Waals surface area contributed by atoms with Crippen molar-refractivity contribution in [3.05, 3.63) is 0 Å². The molecule has 1 heteroatoms. The molecule has 0 radical (unpaired) electrons. The zero-order chi connectivity index (χ0) is 9.26. The SMILES string of the molecule is CC(C)C#CCN1CC2CCCC21. The summed E-state index contributed by atoms with van der Waals surface area (Å²) in [6, 6.07) is 0.904. The highest BCUT2D eigenvalue weighted by atomic mass is 15.2. The number of rotatable bonds is 1. The predicted molar refractivity (Wildman–Crippen MR) is 55.3 cm³/mol. The largest absolute Gasteiger partial charge is 0.289 e. The zero-order valence-electron chi connectivity index (χ0n) is 8.71. The van der Waals surface area contributed by atoms with Crippen LogP contribution in [0.15, 0.2) is 0 Å². The van der Waals surface area contributed by atoms with Gasteiger partial charge in [-0.05, 0) is 18.8 Å². The fraction of sp³-hybridized carbons (Fsp3) is 0.833. The summed E-state index contributed by atoms with van der Waals surface area (Å²) >= 11 is 0. The molecular formula is C12H19N. The second kappa shape index (κ2) is 3.72. The van der Waals surface area contributed by atoms with E-state index in [1.54, 1.807) is 0 Å². The lowest BCUT2D eigenvalue weighted by atomic mass is 9.92. The van der Waals surface area contributed by atoms with Crippen molar-refractivity contribution in [3.63, 3.8) is 0 Å². The molecule has 2 aliphatic rings. The minimum atomic E-state index is 0.528. The molecule has 2 atom stereocenters. The molecule has 0 aromatic rings. The van der Waals surface area contributed by atoms with Crippen molar-refractivity contribution >= 4 is 0 Å². The second-order valence-electron chi connectivity index (χ2n) is 4.66. The smallest absolute Gasteiger partial charge is 0.0604 e. The normalized spacial score (nSPS) is 32.2. The van der Waals surface area contributed by atoms with Crippen molar-refractivity contribution in [3.8, 4) is 11.8 Å². The molecule has 0 aromatic heterocycles. The molecule has 1 saturated heterocycles. The van der Waals surface area contributed by atoms with E-state index >= 15 is 0 Å². The molecule has 2 rings (SSSR count). The Labute approximate surface area is 81.5 Å². The lowest BCUT2D eigenvalue weighted by Crippen LogP contribution is -2.53. The summed E-state index contributed by atoms with van der Waals surface area (Å²) in [4.78, 5) is 2.55. The van der Waals surface area contributed by atoms with E-state index in [0.717, 1.165) is 18.5 Å². The standard InChI is InChI=1S/C12H19N/c1-10(2)5-4-8-13-9-11-6-3-7-12(11)13/h10-12H,3,6-9H2,1-2H3. The van der Waals surface area contributed by atoms with Crippen LogP contribution in [-0.2, 0) is 0 Å². The fourth-order valence-electron chi connectivity index (χ4n) is 2.54. The quantitative estimate of drug-likeness (QED) is 0.555. The minimum absolute atomic E-state index is 0.528. The Hall–Kier alpha value is -0.480. The molecule has 0 spiro atoms. The number of fused-ring (bicyclic) bond motifs is 1. The molecule has 2 unspecified atom stereocenters. The Bertz CT molecular complexity index is 233. The number of nitrogens with zero attached hydrogens (tertiary/aromatic N) is 1. The number of hydrogen-bond acceptors (Lipinski definition) is 1. The summed E-state index contributed by atoms with van der Waals surface area (Å²) in [5.41, 5.74) is 0. The van der Waals surface area contributed by atoms with Crippen LogP contribution in [0.25, 0.3) is 0 Å². The van der Waals surface area contributed by atoms with Gasteiger partial charge < -0.3 is 0 Å². The van der Waals surface area contributed by atoms with Gasteiger partial charge in [0.05, 0.1) is 6.54 Å². The van der Waals surface area contributed by atoms with Crippen LogP contribution in [0.3, 0.4) is 0 Å². The Morgan fingerprint density at radius 2 is 2.23 bits per heavy atom. The second-order valence-corrected chi connectivity index (χ2v) is 4.66. The Morgan fingerprint density at radius 3 is 2.92 bits per heavy atom. The highest BCUT2D eigenvalue weighted by Crippen LogP contribution is 2.38. The van der Waals surface area contributed by atoms with Crippen LogP contribution in [0.2, 0.25) is 0 Å². The van der Waals surface area contributed by atoms with Gasteiger partial charge in [-0.25, -0.2) is 0 Å². The Balaban J connectivity index is 1.76. The van der Waals surface area contributed by atoms with Gasteiger partial charge in [0, 0.05) is 18.5 Å². The average Bonchev–Trinajstić information content (AvgIpc) is 2.40. The van der Waals surface area contributed by atoms with E-state index in [9.17, 15) is 0 Å². The first kappa shape index (κ1) is 9.09. The maximum Gasteiger partial charge on any atom is 0.0604 e. The van der Waals surface area contributed by atoms with Crippen LogP contribution in [0, 0.1) is 23.7 Å². The van der Waals surface area contributed by atoms with E-state index in [0.29, 0.717) is 5.92 Å². The van der Waals surface area contributed by atoms with Crippen molar-refractivity contribution in [2.75, 3.05) is 13.1 Å². The van der Waals surface area contributed by atoms with Crippen molar-refractivity contribution in [2.45, 2.75) is 39.2 Å². The van der Waals surface area contributed by atoms with E-state index in [-0.39, 0.29) is 0 Å². The van der Waals surface area contributed by atoms with Crippen LogP contribution in [0.4, 0.5) is 0 Å². The van der Waals surface area contributed by atoms with Gasteiger partial charge >= 0.3 is 0 Å². The molecular weight excluding hydrogens is 158 g/mol. The van der Waals surface area contributed by atoms with E-state index in [4.69, 9.17) is 0 Å². The molecule has 1 aliphatic carbocycles. The third-order valence-corrected chi connectivity index (χ3v) is 3.23. The number of likely N-dealkylation sites (tertiary alicyclic amines) is 1. The minimum Gasteiger partial charge on any atom is -0.289 e. The van der Waals surface area contributed by atoms with E-state index in [1.807, 2.05) is 0 Å². The van der Waals surface area contributed by atoms with Crippen molar-refractivity contribution in [2.24, 2.45) is 11.8 Å². The van der Waals surface area contributed by atoms with Crippen molar-refractivity contribution in [1.82, 2.24) is 4.90 Å². The summed E-state index contributed by atoms with van der Waals surface area (Å²) in [5, 5.41) is 0. The van der Waals surface area contributed by atoms with Crippen LogP contribution < -0.4 is 0 Å². The highest BCUT2D eigenvalue weighted by Gasteiger charge is 2.40. The van der Waals surface area contributed by atoms with Crippen LogP contribution in [0.1, 0.15) is 33.1 Å². The van der Waals surface area contributed by atoms with Gasteiger partial charge in [-0.1, -0.05) is 32.1 Å². The topological polar surface area (TPSA) is 3.24 Å². The molecule has 72 valence electrons. The highest BCUT2D eigenvalue weighted by molar-refractivity contribution is 5.07. The van der Waals surface area contributed by atoms with Gasteiger partial charge in [0.25, 0.3) is 0 Å². The lowest BCUT2D eigenvalue weighted by Gasteiger charge is -2.43. The summed E-state index contributed by atoms with van der Waals surface area (Å²) in [6.45, 7) is 6.64. The van der Waals surface area contributed by atoms with Crippen molar-refractivity contribution in [1.29, 1.82) is 0 Å². The van der Waals surface area contributed by atoms with Crippen LogP contribution in [0.5, 0.6) is 0 Å². The van der Waals surface area contributed by atoms with Gasteiger partial charge in [0.1, 0.15) is 0 Å². The average molecular weight is 177 g/mol. The molecule has 0 aromatic carbocycles. The summed E-state index contributed by atoms with van der Waals surface area (Å²) in [5.74, 6) is 8.07. The molecule has 1 heterocycles. The molecule has 0 N–H and O–H groups in total. The maximum absolute atomic E-state index is 3.28. The van der Waals surface area contributed by atoms with E-state index in [2.05, 4.69) is 30.6 Å². The van der Waals surface area contributed by atoms with Gasteiger partial charge in [-0.2, -0.15) is 0 Å². The third-order valence-electron chi connectivity index (χ3n) is 3.23. The summed E-state index contributed by atoms with van der Waals surface area (Å²) < 4.78 is 0. The maximum atomic E-state index is 3.28. The van der Waals surface area contributed by atoms with Gasteiger partial charge in [-0.3, -0.25) is 4.90 Å². The number of hydrogen-bond donors (Lipinski definition) is 0. The zero-order valence-corrected chi connectivity index (χ0v) is 8.71.